The third-order valence-electron chi connectivity index (χ3n) is 4.15. The van der Waals surface area contributed by atoms with Gasteiger partial charge in [0.15, 0.2) is 5.75 Å². The van der Waals surface area contributed by atoms with Crippen LogP contribution in [0.15, 0.2) is 41.3 Å². The second-order valence-corrected chi connectivity index (χ2v) is 5.96. The van der Waals surface area contributed by atoms with E-state index in [1.807, 2.05) is 4.57 Å². The molecule has 2 rings (SSSR count). The summed E-state index contributed by atoms with van der Waals surface area (Å²) in [5, 5.41) is 9.64. The maximum Gasteiger partial charge on any atom is 0.223 e. The molecule has 0 amide bonds. The Morgan fingerprint density at radius 3 is 2.36 bits per heavy atom. The van der Waals surface area contributed by atoms with Crippen LogP contribution >= 0.6 is 0 Å². The Kier molecular flexibility index (Phi) is 5.82. The van der Waals surface area contributed by atoms with E-state index in [9.17, 15) is 9.90 Å². The van der Waals surface area contributed by atoms with Crippen LogP contribution in [0.5, 0.6) is 5.75 Å². The Morgan fingerprint density at radius 1 is 0.955 bits per heavy atom. The van der Waals surface area contributed by atoms with Gasteiger partial charge in [0.2, 0.25) is 5.43 Å². The normalized spacial score (nSPS) is 10.8. The van der Waals surface area contributed by atoms with Crippen molar-refractivity contribution in [1.82, 2.24) is 4.57 Å². The molecule has 118 valence electrons. The SMILES string of the molecule is Cc1ccc(CCCCCCn2ccc(=O)c(O)c2C)cc1. The fraction of sp³-hybridized carbons (Fsp3) is 0.421. The van der Waals surface area contributed by atoms with E-state index in [-0.39, 0.29) is 11.2 Å². The van der Waals surface area contributed by atoms with Crippen molar-refractivity contribution >= 4 is 0 Å². The summed E-state index contributed by atoms with van der Waals surface area (Å²) in [6.07, 6.45) is 7.55. The summed E-state index contributed by atoms with van der Waals surface area (Å²) in [7, 11) is 0. The predicted octanol–water partition coefficient (Wildman–Crippen LogP) is 3.97. The van der Waals surface area contributed by atoms with E-state index in [2.05, 4.69) is 31.2 Å². The molecule has 1 heterocycles. The molecule has 0 saturated heterocycles. The third-order valence-corrected chi connectivity index (χ3v) is 4.15. The molecular weight excluding hydrogens is 274 g/mol. The van der Waals surface area contributed by atoms with Crippen molar-refractivity contribution in [2.24, 2.45) is 0 Å². The highest BCUT2D eigenvalue weighted by Gasteiger charge is 2.04. The van der Waals surface area contributed by atoms with E-state index in [4.69, 9.17) is 0 Å². The quantitative estimate of drug-likeness (QED) is 0.786. The number of nitrogens with zero attached hydrogens (tertiary/aromatic N) is 1. The highest BCUT2D eigenvalue weighted by atomic mass is 16.3. The van der Waals surface area contributed by atoms with Crippen molar-refractivity contribution in [3.05, 3.63) is 63.6 Å². The molecule has 2 aromatic rings. The van der Waals surface area contributed by atoms with Gasteiger partial charge < -0.3 is 9.67 Å². The molecule has 1 N–H and O–H groups in total. The van der Waals surface area contributed by atoms with Gasteiger partial charge in [-0.3, -0.25) is 4.79 Å². The van der Waals surface area contributed by atoms with Gasteiger partial charge in [-0.2, -0.15) is 0 Å². The molecule has 0 aliphatic heterocycles. The molecule has 1 aromatic carbocycles. The number of pyridine rings is 1. The molecule has 0 unspecified atom stereocenters. The van der Waals surface area contributed by atoms with E-state index in [0.29, 0.717) is 5.69 Å². The van der Waals surface area contributed by atoms with Crippen molar-refractivity contribution in [3.8, 4) is 5.75 Å². The summed E-state index contributed by atoms with van der Waals surface area (Å²) in [5.41, 5.74) is 3.08. The molecule has 0 aliphatic rings. The standard InChI is InChI=1S/C19H25NO2/c1-15-8-10-17(11-9-15)7-5-3-4-6-13-20-14-12-18(21)19(22)16(20)2/h8-12,14,22H,3-7,13H2,1-2H3. The lowest BCUT2D eigenvalue weighted by Gasteiger charge is -2.11. The number of rotatable bonds is 7. The van der Waals surface area contributed by atoms with E-state index in [1.165, 1.54) is 30.0 Å². The lowest BCUT2D eigenvalue weighted by atomic mass is 10.0. The minimum Gasteiger partial charge on any atom is -0.503 e. The average Bonchev–Trinajstić information content (AvgIpc) is 2.52. The summed E-state index contributed by atoms with van der Waals surface area (Å²) in [6.45, 7) is 4.75. The molecule has 0 bridgehead atoms. The van der Waals surface area contributed by atoms with Gasteiger partial charge in [0, 0.05) is 18.8 Å². The molecule has 22 heavy (non-hydrogen) atoms. The number of hydrogen-bond acceptors (Lipinski definition) is 2. The molecule has 0 aliphatic carbocycles. The number of aromatic hydroxyl groups is 1. The van der Waals surface area contributed by atoms with Gasteiger partial charge in [-0.05, 0) is 38.7 Å². The zero-order chi connectivity index (χ0) is 15.9. The minimum absolute atomic E-state index is 0.123. The highest BCUT2D eigenvalue weighted by Crippen LogP contribution is 2.12. The van der Waals surface area contributed by atoms with E-state index in [1.54, 1.807) is 13.1 Å². The molecule has 3 heteroatoms. The predicted molar refractivity (Wildman–Crippen MR) is 90.5 cm³/mol. The van der Waals surface area contributed by atoms with Crippen LogP contribution in [0.4, 0.5) is 0 Å². The summed E-state index contributed by atoms with van der Waals surface area (Å²) < 4.78 is 1.96. The van der Waals surface area contributed by atoms with Gasteiger partial charge >= 0.3 is 0 Å². The molecule has 0 saturated carbocycles. The van der Waals surface area contributed by atoms with Gasteiger partial charge in [-0.1, -0.05) is 42.7 Å². The lowest BCUT2D eigenvalue weighted by Crippen LogP contribution is -2.10. The zero-order valence-corrected chi connectivity index (χ0v) is 13.5. The Balaban J connectivity index is 1.68. The fourth-order valence-corrected chi connectivity index (χ4v) is 2.62. The number of hydrogen-bond donors (Lipinski definition) is 1. The van der Waals surface area contributed by atoms with E-state index >= 15 is 0 Å². The van der Waals surface area contributed by atoms with Crippen molar-refractivity contribution in [2.45, 2.75) is 52.5 Å². The Labute approximate surface area is 132 Å². The molecule has 1 aromatic heterocycles. The smallest absolute Gasteiger partial charge is 0.223 e. The van der Waals surface area contributed by atoms with Crippen LogP contribution in [-0.2, 0) is 13.0 Å². The monoisotopic (exact) mass is 299 g/mol. The highest BCUT2D eigenvalue weighted by molar-refractivity contribution is 5.25. The maximum absolute atomic E-state index is 11.3. The summed E-state index contributed by atoms with van der Waals surface area (Å²) in [4.78, 5) is 11.3. The lowest BCUT2D eigenvalue weighted by molar-refractivity contribution is 0.449. The second kappa shape index (κ2) is 7.83. The molecule has 0 atom stereocenters. The van der Waals surface area contributed by atoms with Gasteiger partial charge in [0.05, 0.1) is 5.69 Å². The largest absolute Gasteiger partial charge is 0.503 e. The Morgan fingerprint density at radius 2 is 1.64 bits per heavy atom. The summed E-state index contributed by atoms with van der Waals surface area (Å²) in [5.74, 6) is -0.123. The Hall–Kier alpha value is -2.03. The topological polar surface area (TPSA) is 42.2 Å². The minimum atomic E-state index is -0.299. The van der Waals surface area contributed by atoms with Gasteiger partial charge in [0.1, 0.15) is 0 Å². The van der Waals surface area contributed by atoms with Crippen LogP contribution < -0.4 is 5.43 Å². The van der Waals surface area contributed by atoms with E-state index in [0.717, 1.165) is 25.8 Å². The Bertz CT molecular complexity index is 656. The van der Waals surface area contributed by atoms with Crippen LogP contribution in [0.2, 0.25) is 0 Å². The summed E-state index contributed by atoms with van der Waals surface area (Å²) in [6, 6.07) is 10.2. The van der Waals surface area contributed by atoms with Crippen LogP contribution in [-0.4, -0.2) is 9.67 Å². The van der Waals surface area contributed by atoms with Gasteiger partial charge in [-0.25, -0.2) is 0 Å². The first-order valence-electron chi connectivity index (χ1n) is 8.02. The second-order valence-electron chi connectivity index (χ2n) is 5.96. The number of aromatic nitrogens is 1. The van der Waals surface area contributed by atoms with Crippen LogP contribution in [0.3, 0.4) is 0 Å². The first kappa shape index (κ1) is 16.3. The number of aryl methyl sites for hydroxylation is 3. The third kappa shape index (κ3) is 4.48. The van der Waals surface area contributed by atoms with Crippen molar-refractivity contribution in [1.29, 1.82) is 0 Å². The van der Waals surface area contributed by atoms with Crippen LogP contribution in [0, 0.1) is 13.8 Å². The molecule has 0 spiro atoms. The fourth-order valence-electron chi connectivity index (χ4n) is 2.62. The zero-order valence-electron chi connectivity index (χ0n) is 13.5. The molecule has 0 radical (unpaired) electrons. The number of unbranched alkanes of at least 4 members (excludes halogenated alkanes) is 3. The first-order valence-corrected chi connectivity index (χ1v) is 8.02. The first-order chi connectivity index (χ1) is 10.6. The molecule has 0 fully saturated rings. The van der Waals surface area contributed by atoms with Crippen molar-refractivity contribution in [3.63, 3.8) is 0 Å². The summed E-state index contributed by atoms with van der Waals surface area (Å²) >= 11 is 0. The van der Waals surface area contributed by atoms with Gasteiger partial charge in [0.25, 0.3) is 0 Å². The van der Waals surface area contributed by atoms with Gasteiger partial charge in [-0.15, -0.1) is 0 Å². The van der Waals surface area contributed by atoms with Crippen LogP contribution in [0.1, 0.15) is 42.5 Å². The molecule has 3 nitrogen and oxygen atoms in total. The number of benzene rings is 1. The maximum atomic E-state index is 11.3. The molecular formula is C19H25NO2. The van der Waals surface area contributed by atoms with Crippen molar-refractivity contribution < 1.29 is 5.11 Å². The van der Waals surface area contributed by atoms with Crippen molar-refractivity contribution in [2.75, 3.05) is 0 Å². The average molecular weight is 299 g/mol. The van der Waals surface area contributed by atoms with E-state index < -0.39 is 0 Å². The van der Waals surface area contributed by atoms with Crippen LogP contribution in [0.25, 0.3) is 0 Å².